The minimum Gasteiger partial charge on any atom is -0.384 e. The third-order valence-corrected chi connectivity index (χ3v) is 5.19. The number of rotatable bonds is 8. The molecule has 1 fully saturated rings. The number of nitrogens with one attached hydrogen (secondary N) is 2. The minimum atomic E-state index is -0.507. The van der Waals surface area contributed by atoms with Crippen LogP contribution in [0.5, 0.6) is 0 Å². The number of nitrogens with zero attached hydrogens (tertiary/aromatic N) is 1. The highest BCUT2D eigenvalue weighted by Crippen LogP contribution is 2.29. The minimum absolute atomic E-state index is 0.0421. The number of methoxy groups -OCH3 is 1. The van der Waals surface area contributed by atoms with Gasteiger partial charge in [0.2, 0.25) is 0 Å². The van der Waals surface area contributed by atoms with Gasteiger partial charge in [-0.25, -0.2) is 0 Å². The van der Waals surface area contributed by atoms with Gasteiger partial charge in [0.15, 0.2) is 0 Å². The van der Waals surface area contributed by atoms with Crippen LogP contribution >= 0.6 is 0 Å². The maximum Gasteiger partial charge on any atom is 0.263 e. The van der Waals surface area contributed by atoms with E-state index >= 15 is 0 Å². The van der Waals surface area contributed by atoms with Gasteiger partial charge in [-0.05, 0) is 36.0 Å². The third-order valence-electron chi connectivity index (χ3n) is 5.19. The number of hydrogen-bond donors (Lipinski definition) is 2. The third kappa shape index (κ3) is 5.12. The monoisotopic (exact) mass is 397 g/mol. The molecule has 2 aromatic rings. The van der Waals surface area contributed by atoms with Crippen LogP contribution in [0.3, 0.4) is 0 Å². The van der Waals surface area contributed by atoms with Crippen molar-refractivity contribution in [3.63, 3.8) is 0 Å². The van der Waals surface area contributed by atoms with E-state index in [0.717, 1.165) is 24.0 Å². The van der Waals surface area contributed by atoms with E-state index in [9.17, 15) is 14.4 Å². The van der Waals surface area contributed by atoms with E-state index in [2.05, 4.69) is 17.6 Å². The summed E-state index contributed by atoms with van der Waals surface area (Å²) in [5.74, 6) is -0.322. The molecule has 29 heavy (non-hydrogen) atoms. The average Bonchev–Trinajstić information content (AvgIpc) is 3.41. The predicted octanol–water partition coefficient (Wildman–Crippen LogP) is 1.58. The molecule has 1 saturated carbocycles. The molecule has 0 saturated heterocycles. The molecule has 0 radical (unpaired) electrons. The summed E-state index contributed by atoms with van der Waals surface area (Å²) >= 11 is 0. The Hall–Kier alpha value is -2.93. The van der Waals surface area contributed by atoms with E-state index in [0.29, 0.717) is 18.1 Å². The van der Waals surface area contributed by atoms with Crippen LogP contribution in [0.4, 0.5) is 0 Å². The predicted molar refractivity (Wildman–Crippen MR) is 110 cm³/mol. The molecular weight excluding hydrogens is 370 g/mol. The van der Waals surface area contributed by atoms with Gasteiger partial charge in [0.05, 0.1) is 18.7 Å². The van der Waals surface area contributed by atoms with Crippen LogP contribution in [0.15, 0.2) is 41.3 Å². The first kappa shape index (κ1) is 20.8. The van der Waals surface area contributed by atoms with Crippen LogP contribution in [-0.4, -0.2) is 43.2 Å². The molecule has 0 aliphatic heterocycles. The summed E-state index contributed by atoms with van der Waals surface area (Å²) in [6.07, 6.45) is 3.24. The summed E-state index contributed by atoms with van der Waals surface area (Å²) in [7, 11) is 3.12. The van der Waals surface area contributed by atoms with E-state index in [4.69, 9.17) is 4.74 Å². The Morgan fingerprint density at radius 2 is 1.93 bits per heavy atom. The number of hydrogen-bond acceptors (Lipinski definition) is 4. The van der Waals surface area contributed by atoms with Gasteiger partial charge in [0.25, 0.3) is 17.4 Å². The highest BCUT2D eigenvalue weighted by Gasteiger charge is 2.34. The Kier molecular flexibility index (Phi) is 6.49. The number of carbonyl (C=O) groups excluding carboxylic acids is 2. The molecule has 1 aromatic heterocycles. The van der Waals surface area contributed by atoms with E-state index in [-0.39, 0.29) is 24.1 Å². The van der Waals surface area contributed by atoms with E-state index in [1.165, 1.54) is 23.9 Å². The Morgan fingerprint density at radius 3 is 2.59 bits per heavy atom. The second kappa shape index (κ2) is 9.05. The summed E-state index contributed by atoms with van der Waals surface area (Å²) in [5, 5.41) is 5.42. The van der Waals surface area contributed by atoms with Crippen LogP contribution in [0.2, 0.25) is 0 Å². The van der Waals surface area contributed by atoms with Crippen molar-refractivity contribution in [2.24, 2.45) is 5.92 Å². The van der Waals surface area contributed by atoms with Crippen LogP contribution in [0.1, 0.15) is 45.2 Å². The number of amides is 2. The lowest BCUT2D eigenvalue weighted by molar-refractivity contribution is 0.0948. The van der Waals surface area contributed by atoms with Crippen molar-refractivity contribution < 1.29 is 14.3 Å². The number of benzene rings is 1. The lowest BCUT2D eigenvalue weighted by Crippen LogP contribution is -2.34. The Labute approximate surface area is 170 Å². The van der Waals surface area contributed by atoms with Crippen molar-refractivity contribution in [3.8, 4) is 0 Å². The van der Waals surface area contributed by atoms with Gasteiger partial charge in [0, 0.05) is 26.4 Å². The zero-order chi connectivity index (χ0) is 21.0. The van der Waals surface area contributed by atoms with Gasteiger partial charge in [-0.1, -0.05) is 31.2 Å². The van der Waals surface area contributed by atoms with E-state index in [1.54, 1.807) is 7.11 Å². The van der Waals surface area contributed by atoms with E-state index in [1.807, 2.05) is 24.3 Å². The number of ether oxygens (including phenoxy) is 1. The van der Waals surface area contributed by atoms with Crippen molar-refractivity contribution in [1.29, 1.82) is 0 Å². The van der Waals surface area contributed by atoms with Gasteiger partial charge in [-0.15, -0.1) is 0 Å². The molecule has 7 heteroatoms. The van der Waals surface area contributed by atoms with Crippen LogP contribution in [0, 0.1) is 5.92 Å². The van der Waals surface area contributed by atoms with Crippen molar-refractivity contribution in [2.75, 3.05) is 20.8 Å². The van der Waals surface area contributed by atoms with Gasteiger partial charge >= 0.3 is 0 Å². The molecule has 154 valence electrons. The Bertz CT molecular complexity index is 967. The molecule has 0 bridgehead atoms. The topological polar surface area (TPSA) is 89.4 Å². The zero-order valence-corrected chi connectivity index (χ0v) is 17.0. The normalized spacial score (nSPS) is 17.6. The van der Waals surface area contributed by atoms with E-state index < -0.39 is 11.5 Å². The average molecular weight is 397 g/mol. The lowest BCUT2D eigenvalue weighted by Gasteiger charge is -2.12. The fourth-order valence-electron chi connectivity index (χ4n) is 3.25. The molecule has 0 spiro atoms. The Morgan fingerprint density at radius 1 is 1.21 bits per heavy atom. The summed E-state index contributed by atoms with van der Waals surface area (Å²) in [6, 6.07) is 9.38. The number of pyridine rings is 1. The fourth-order valence-corrected chi connectivity index (χ4v) is 3.25. The van der Waals surface area contributed by atoms with Crippen LogP contribution in [0.25, 0.3) is 0 Å². The summed E-state index contributed by atoms with van der Waals surface area (Å²) in [4.78, 5) is 37.7. The molecule has 7 nitrogen and oxygen atoms in total. The number of carbonyl (C=O) groups is 2. The smallest absolute Gasteiger partial charge is 0.263 e. The first-order valence-electron chi connectivity index (χ1n) is 9.77. The maximum absolute atomic E-state index is 12.8. The van der Waals surface area contributed by atoms with Crippen molar-refractivity contribution in [2.45, 2.75) is 32.4 Å². The van der Waals surface area contributed by atoms with Gasteiger partial charge in [-0.2, -0.15) is 0 Å². The molecular formula is C22H27N3O4. The molecule has 2 N–H and O–H groups in total. The maximum atomic E-state index is 12.8. The molecule has 2 atom stereocenters. The second-order valence-corrected chi connectivity index (χ2v) is 7.51. The van der Waals surface area contributed by atoms with Gasteiger partial charge < -0.3 is 19.9 Å². The van der Waals surface area contributed by atoms with Crippen LogP contribution < -0.4 is 16.2 Å². The SMILES string of the molecule is CNC(=O)c1cc(C(=O)N[C@H]2C[C@@H]2C)cn(Cc2cccc(CCOC)c2)c1=O. The first-order valence-corrected chi connectivity index (χ1v) is 9.77. The highest BCUT2D eigenvalue weighted by atomic mass is 16.5. The number of aromatic nitrogens is 1. The molecule has 1 aliphatic rings. The summed E-state index contributed by atoms with van der Waals surface area (Å²) in [6.45, 7) is 2.95. The highest BCUT2D eigenvalue weighted by molar-refractivity contribution is 5.99. The fraction of sp³-hybridized carbons (Fsp3) is 0.409. The lowest BCUT2D eigenvalue weighted by atomic mass is 10.1. The molecule has 1 aromatic carbocycles. The Balaban J connectivity index is 1.92. The standard InChI is InChI=1S/C22H27N3O4/c1-14-9-19(14)24-20(26)17-11-18(21(27)23-2)22(28)25(13-17)12-16-6-4-5-15(10-16)7-8-29-3/h4-6,10-11,13-14,19H,7-9,12H2,1-3H3,(H,23,27)(H,24,26)/t14-,19-/m0/s1. The van der Waals surface area contributed by atoms with Crippen molar-refractivity contribution in [1.82, 2.24) is 15.2 Å². The largest absolute Gasteiger partial charge is 0.384 e. The first-order chi connectivity index (χ1) is 13.9. The quantitative estimate of drug-likeness (QED) is 0.708. The van der Waals surface area contributed by atoms with Crippen LogP contribution in [-0.2, 0) is 17.7 Å². The molecule has 2 amide bonds. The summed E-state index contributed by atoms with van der Waals surface area (Å²) in [5.41, 5.74) is 1.85. The van der Waals surface area contributed by atoms with Gasteiger partial charge in [-0.3, -0.25) is 14.4 Å². The van der Waals surface area contributed by atoms with Crippen molar-refractivity contribution >= 4 is 11.8 Å². The molecule has 1 aliphatic carbocycles. The van der Waals surface area contributed by atoms with Gasteiger partial charge in [0.1, 0.15) is 5.56 Å². The molecule has 0 unspecified atom stereocenters. The van der Waals surface area contributed by atoms with Crippen molar-refractivity contribution in [3.05, 3.63) is 69.1 Å². The second-order valence-electron chi connectivity index (χ2n) is 7.51. The molecule has 1 heterocycles. The summed E-state index contributed by atoms with van der Waals surface area (Å²) < 4.78 is 6.54. The zero-order valence-electron chi connectivity index (χ0n) is 17.0. The molecule has 3 rings (SSSR count).